The molecule has 5 nitrogen and oxygen atoms in total. The molecule has 0 amide bonds. The van der Waals surface area contributed by atoms with Gasteiger partial charge in [-0.2, -0.15) is 0 Å². The Labute approximate surface area is 148 Å². The van der Waals surface area contributed by atoms with E-state index in [1.807, 2.05) is 6.07 Å². The molecule has 0 radical (unpaired) electrons. The van der Waals surface area contributed by atoms with Gasteiger partial charge in [-0.25, -0.2) is 13.6 Å². The third kappa shape index (κ3) is 3.29. The fourth-order valence-corrected chi connectivity index (χ4v) is 4.44. The van der Waals surface area contributed by atoms with Crippen LogP contribution in [0, 0.1) is 0 Å². The van der Waals surface area contributed by atoms with Crippen LogP contribution in [0.1, 0.15) is 30.1 Å². The molecule has 0 spiro atoms. The monoisotopic (exact) mass is 358 g/mol. The minimum absolute atomic E-state index is 0.0327. The molecule has 2 aliphatic rings. The standard InChI is InChI=1S/C19H22N2O3S/c20-25(22,23)16-9-7-15(8-10-16)24-19-17-6-2-1-5-14(17)13-18(19)21-11-3-4-12-21/h1-2,5-10,18-19H,3-4,11-13H2,(H2,20,22,23)/t18-,19-/m0/s1. The predicted octanol–water partition coefficient (Wildman–Crippen LogP) is 2.47. The SMILES string of the molecule is NS(=O)(=O)c1ccc(O[C@H]2c3ccccc3C[C@@H]2N2CCCC2)cc1. The number of sulfonamides is 1. The van der Waals surface area contributed by atoms with E-state index in [-0.39, 0.29) is 11.0 Å². The largest absolute Gasteiger partial charge is 0.484 e. The number of ether oxygens (including phenoxy) is 1. The number of likely N-dealkylation sites (tertiary alicyclic amines) is 1. The molecule has 2 atom stereocenters. The maximum absolute atomic E-state index is 11.4. The molecule has 1 saturated heterocycles. The van der Waals surface area contributed by atoms with E-state index < -0.39 is 10.0 Å². The van der Waals surface area contributed by atoms with Crippen LogP contribution in [0.25, 0.3) is 0 Å². The molecule has 1 heterocycles. The molecule has 2 N–H and O–H groups in total. The topological polar surface area (TPSA) is 72.6 Å². The zero-order valence-electron chi connectivity index (χ0n) is 14.0. The lowest BCUT2D eigenvalue weighted by Gasteiger charge is -2.30. The Morgan fingerprint density at radius 2 is 1.68 bits per heavy atom. The molecule has 0 saturated carbocycles. The summed E-state index contributed by atoms with van der Waals surface area (Å²) in [6, 6.07) is 15.1. The van der Waals surface area contributed by atoms with Gasteiger partial charge in [-0.05, 0) is 67.7 Å². The van der Waals surface area contributed by atoms with Crippen molar-refractivity contribution in [2.24, 2.45) is 5.14 Å². The predicted molar refractivity (Wildman–Crippen MR) is 95.9 cm³/mol. The van der Waals surface area contributed by atoms with Crippen LogP contribution in [-0.2, 0) is 16.4 Å². The average Bonchev–Trinajstić information content (AvgIpc) is 3.23. The first-order chi connectivity index (χ1) is 12.0. The molecule has 25 heavy (non-hydrogen) atoms. The van der Waals surface area contributed by atoms with Crippen molar-refractivity contribution in [3.8, 4) is 5.75 Å². The molecule has 2 aromatic rings. The Bertz CT molecular complexity index is 858. The van der Waals surface area contributed by atoms with Crippen molar-refractivity contribution in [1.82, 2.24) is 4.90 Å². The summed E-state index contributed by atoms with van der Waals surface area (Å²) in [5.41, 5.74) is 2.57. The Kier molecular flexibility index (Phi) is 4.27. The zero-order chi connectivity index (χ0) is 17.4. The smallest absolute Gasteiger partial charge is 0.238 e. The molecule has 2 aromatic carbocycles. The van der Waals surface area contributed by atoms with Crippen molar-refractivity contribution in [2.75, 3.05) is 13.1 Å². The first-order valence-corrected chi connectivity index (χ1v) is 10.2. The number of benzene rings is 2. The van der Waals surface area contributed by atoms with Gasteiger partial charge in [0.2, 0.25) is 10.0 Å². The van der Waals surface area contributed by atoms with Gasteiger partial charge in [-0.15, -0.1) is 0 Å². The number of hydrogen-bond acceptors (Lipinski definition) is 4. The van der Waals surface area contributed by atoms with E-state index >= 15 is 0 Å². The van der Waals surface area contributed by atoms with E-state index in [1.165, 1.54) is 36.1 Å². The Morgan fingerprint density at radius 1 is 1.00 bits per heavy atom. The lowest BCUT2D eigenvalue weighted by Crippen LogP contribution is -2.38. The summed E-state index contributed by atoms with van der Waals surface area (Å²) in [5, 5.41) is 5.16. The molecular formula is C19H22N2O3S. The minimum atomic E-state index is -3.68. The molecule has 0 bridgehead atoms. The van der Waals surface area contributed by atoms with E-state index in [9.17, 15) is 8.42 Å². The highest BCUT2D eigenvalue weighted by Gasteiger charge is 2.38. The molecule has 0 unspecified atom stereocenters. The summed E-state index contributed by atoms with van der Waals surface area (Å²) in [5.74, 6) is 0.665. The van der Waals surface area contributed by atoms with Crippen LogP contribution in [0.3, 0.4) is 0 Å². The number of primary sulfonamides is 1. The first kappa shape index (κ1) is 16.6. The maximum atomic E-state index is 11.4. The van der Waals surface area contributed by atoms with E-state index in [2.05, 4.69) is 23.1 Å². The normalized spacial score (nSPS) is 23.6. The van der Waals surface area contributed by atoms with Crippen LogP contribution in [0.5, 0.6) is 5.75 Å². The van der Waals surface area contributed by atoms with E-state index in [0.29, 0.717) is 11.8 Å². The highest BCUT2D eigenvalue weighted by molar-refractivity contribution is 7.89. The van der Waals surface area contributed by atoms with Gasteiger partial charge in [0.1, 0.15) is 11.9 Å². The van der Waals surface area contributed by atoms with Gasteiger partial charge >= 0.3 is 0 Å². The van der Waals surface area contributed by atoms with E-state index in [0.717, 1.165) is 19.5 Å². The zero-order valence-corrected chi connectivity index (χ0v) is 14.8. The van der Waals surface area contributed by atoms with Crippen molar-refractivity contribution in [1.29, 1.82) is 0 Å². The van der Waals surface area contributed by atoms with Crippen molar-refractivity contribution in [2.45, 2.75) is 36.3 Å². The van der Waals surface area contributed by atoms with E-state index in [4.69, 9.17) is 9.88 Å². The molecule has 1 aliphatic heterocycles. The van der Waals surface area contributed by atoms with Gasteiger partial charge in [0.15, 0.2) is 0 Å². The second kappa shape index (κ2) is 6.44. The Balaban J connectivity index is 1.61. The highest BCUT2D eigenvalue weighted by Crippen LogP contribution is 2.39. The maximum Gasteiger partial charge on any atom is 0.238 e. The summed E-state index contributed by atoms with van der Waals surface area (Å²) >= 11 is 0. The summed E-state index contributed by atoms with van der Waals surface area (Å²) in [6.07, 6.45) is 3.44. The fraction of sp³-hybridized carbons (Fsp3) is 0.368. The number of hydrogen-bond donors (Lipinski definition) is 1. The van der Waals surface area contributed by atoms with Crippen LogP contribution in [0.15, 0.2) is 53.4 Å². The van der Waals surface area contributed by atoms with Gasteiger partial charge in [0, 0.05) is 0 Å². The fourth-order valence-electron chi connectivity index (χ4n) is 3.93. The molecule has 1 aliphatic carbocycles. The molecule has 6 heteroatoms. The number of nitrogens with two attached hydrogens (primary N) is 1. The van der Waals surface area contributed by atoms with Crippen LogP contribution >= 0.6 is 0 Å². The Hall–Kier alpha value is -1.89. The molecule has 4 rings (SSSR count). The van der Waals surface area contributed by atoms with Gasteiger partial charge in [-0.3, -0.25) is 4.90 Å². The molecule has 1 fully saturated rings. The molecule has 0 aromatic heterocycles. The number of nitrogens with zero attached hydrogens (tertiary/aromatic N) is 1. The van der Waals surface area contributed by atoms with Crippen molar-refractivity contribution >= 4 is 10.0 Å². The van der Waals surface area contributed by atoms with Gasteiger partial charge < -0.3 is 4.74 Å². The highest BCUT2D eigenvalue weighted by atomic mass is 32.2. The summed E-state index contributed by atoms with van der Waals surface area (Å²) in [7, 11) is -3.68. The second-order valence-electron chi connectivity index (χ2n) is 6.77. The summed E-state index contributed by atoms with van der Waals surface area (Å²) in [6.45, 7) is 2.23. The van der Waals surface area contributed by atoms with E-state index in [1.54, 1.807) is 12.1 Å². The van der Waals surface area contributed by atoms with Crippen molar-refractivity contribution in [3.05, 3.63) is 59.7 Å². The third-order valence-electron chi connectivity index (χ3n) is 5.17. The lowest BCUT2D eigenvalue weighted by atomic mass is 10.1. The second-order valence-corrected chi connectivity index (χ2v) is 8.33. The van der Waals surface area contributed by atoms with Crippen LogP contribution in [0.2, 0.25) is 0 Å². The number of fused-ring (bicyclic) bond motifs is 1. The quantitative estimate of drug-likeness (QED) is 0.911. The summed E-state index contributed by atoms with van der Waals surface area (Å²) in [4.78, 5) is 2.62. The van der Waals surface area contributed by atoms with Gasteiger partial charge in [0.05, 0.1) is 10.9 Å². The average molecular weight is 358 g/mol. The number of rotatable bonds is 4. The van der Waals surface area contributed by atoms with Crippen molar-refractivity contribution < 1.29 is 13.2 Å². The third-order valence-corrected chi connectivity index (χ3v) is 6.09. The van der Waals surface area contributed by atoms with Crippen LogP contribution in [-0.4, -0.2) is 32.4 Å². The lowest BCUT2D eigenvalue weighted by molar-refractivity contribution is 0.0940. The Morgan fingerprint density at radius 3 is 2.36 bits per heavy atom. The molecule has 132 valence electrons. The minimum Gasteiger partial charge on any atom is -0.484 e. The van der Waals surface area contributed by atoms with Crippen molar-refractivity contribution in [3.63, 3.8) is 0 Å². The van der Waals surface area contributed by atoms with Gasteiger partial charge in [-0.1, -0.05) is 24.3 Å². The molecular weight excluding hydrogens is 336 g/mol. The van der Waals surface area contributed by atoms with Crippen LogP contribution in [0.4, 0.5) is 0 Å². The van der Waals surface area contributed by atoms with Gasteiger partial charge in [0.25, 0.3) is 0 Å². The summed E-state index contributed by atoms with van der Waals surface area (Å²) < 4.78 is 29.1. The first-order valence-electron chi connectivity index (χ1n) is 8.64. The van der Waals surface area contributed by atoms with Crippen LogP contribution < -0.4 is 9.88 Å².